The molecule has 0 radical (unpaired) electrons. The van der Waals surface area contributed by atoms with Crippen LogP contribution in [0.15, 0.2) is 12.2 Å². The van der Waals surface area contributed by atoms with Gasteiger partial charge in [0.2, 0.25) is 5.91 Å². The van der Waals surface area contributed by atoms with Gasteiger partial charge in [0.25, 0.3) is 0 Å². The van der Waals surface area contributed by atoms with Crippen LogP contribution in [0.2, 0.25) is 0 Å². The van der Waals surface area contributed by atoms with Crippen LogP contribution in [0.25, 0.3) is 0 Å². The number of amides is 1. The molecule has 2 unspecified atom stereocenters. The van der Waals surface area contributed by atoms with Crippen molar-refractivity contribution in [1.82, 2.24) is 5.32 Å². The van der Waals surface area contributed by atoms with Crippen LogP contribution < -0.4 is 11.1 Å². The molecular formula is C12H20N2O. The van der Waals surface area contributed by atoms with Gasteiger partial charge in [0.05, 0.1) is 0 Å². The summed E-state index contributed by atoms with van der Waals surface area (Å²) in [7, 11) is 0. The van der Waals surface area contributed by atoms with Gasteiger partial charge < -0.3 is 11.1 Å². The van der Waals surface area contributed by atoms with E-state index in [0.717, 1.165) is 19.3 Å². The van der Waals surface area contributed by atoms with Crippen molar-refractivity contribution >= 4 is 5.91 Å². The minimum Gasteiger partial charge on any atom is -0.352 e. The Labute approximate surface area is 91.1 Å². The van der Waals surface area contributed by atoms with Crippen molar-refractivity contribution in [1.29, 1.82) is 0 Å². The van der Waals surface area contributed by atoms with Crippen LogP contribution in [0.4, 0.5) is 0 Å². The van der Waals surface area contributed by atoms with E-state index in [4.69, 9.17) is 5.73 Å². The summed E-state index contributed by atoms with van der Waals surface area (Å²) < 4.78 is 0. The first-order valence-corrected chi connectivity index (χ1v) is 5.96. The molecule has 0 aromatic carbocycles. The lowest BCUT2D eigenvalue weighted by Crippen LogP contribution is -2.44. The number of carbonyl (C=O) groups excluding carboxylic acids is 1. The first-order chi connectivity index (χ1) is 7.31. The highest BCUT2D eigenvalue weighted by atomic mass is 16.1. The van der Waals surface area contributed by atoms with Crippen molar-refractivity contribution in [3.05, 3.63) is 12.2 Å². The van der Waals surface area contributed by atoms with Gasteiger partial charge in [0, 0.05) is 18.5 Å². The lowest BCUT2D eigenvalue weighted by atomic mass is 9.93. The summed E-state index contributed by atoms with van der Waals surface area (Å²) in [6.45, 7) is 0.582. The molecule has 0 bridgehead atoms. The van der Waals surface area contributed by atoms with Crippen molar-refractivity contribution in [3.63, 3.8) is 0 Å². The normalized spacial score (nSPS) is 27.4. The molecule has 1 amide bonds. The van der Waals surface area contributed by atoms with Crippen LogP contribution in [0, 0.1) is 11.8 Å². The Morgan fingerprint density at radius 3 is 2.73 bits per heavy atom. The second-order valence-electron chi connectivity index (χ2n) is 4.67. The molecule has 1 fully saturated rings. The zero-order valence-electron chi connectivity index (χ0n) is 9.11. The van der Waals surface area contributed by atoms with Gasteiger partial charge in [-0.2, -0.15) is 0 Å². The fourth-order valence-corrected chi connectivity index (χ4v) is 2.20. The molecule has 0 heterocycles. The smallest absolute Gasteiger partial charge is 0.223 e. The van der Waals surface area contributed by atoms with Crippen LogP contribution in [0.3, 0.4) is 0 Å². The fraction of sp³-hybridized carbons (Fsp3) is 0.750. The molecule has 0 aromatic rings. The van der Waals surface area contributed by atoms with Gasteiger partial charge in [-0.05, 0) is 38.0 Å². The van der Waals surface area contributed by atoms with Crippen molar-refractivity contribution in [3.8, 4) is 0 Å². The summed E-state index contributed by atoms with van der Waals surface area (Å²) in [6.07, 6.45) is 9.65. The third-order valence-electron chi connectivity index (χ3n) is 3.41. The Bertz CT molecular complexity index is 258. The maximum absolute atomic E-state index is 11.9. The Hall–Kier alpha value is -0.830. The molecule has 3 N–H and O–H groups in total. The molecule has 2 aliphatic carbocycles. The Morgan fingerprint density at radius 1 is 1.40 bits per heavy atom. The van der Waals surface area contributed by atoms with Crippen molar-refractivity contribution in [2.45, 2.75) is 38.1 Å². The molecule has 0 spiro atoms. The molecule has 84 valence electrons. The molecular weight excluding hydrogens is 188 g/mol. The van der Waals surface area contributed by atoms with Crippen molar-refractivity contribution in [2.24, 2.45) is 17.6 Å². The van der Waals surface area contributed by atoms with Gasteiger partial charge in [0.15, 0.2) is 0 Å². The monoisotopic (exact) mass is 208 g/mol. The van der Waals surface area contributed by atoms with E-state index < -0.39 is 0 Å². The second kappa shape index (κ2) is 4.79. The first-order valence-electron chi connectivity index (χ1n) is 5.96. The van der Waals surface area contributed by atoms with E-state index in [0.29, 0.717) is 12.5 Å². The molecule has 2 atom stereocenters. The molecule has 0 aliphatic heterocycles. The fourth-order valence-electron chi connectivity index (χ4n) is 2.20. The minimum absolute atomic E-state index is 0.183. The lowest BCUT2D eigenvalue weighted by Gasteiger charge is -2.22. The minimum atomic E-state index is 0.183. The SMILES string of the molecule is NCC(NC(=O)C1CC=CCC1)C1CC1. The van der Waals surface area contributed by atoms with Crippen molar-refractivity contribution < 1.29 is 4.79 Å². The highest BCUT2D eigenvalue weighted by Gasteiger charge is 2.32. The Kier molecular flexibility index (Phi) is 3.41. The summed E-state index contributed by atoms with van der Waals surface area (Å²) >= 11 is 0. The number of nitrogens with one attached hydrogen (secondary N) is 1. The predicted octanol–water partition coefficient (Wildman–Crippen LogP) is 1.20. The van der Waals surface area contributed by atoms with E-state index in [2.05, 4.69) is 17.5 Å². The lowest BCUT2D eigenvalue weighted by molar-refractivity contribution is -0.126. The first kappa shape index (κ1) is 10.7. The molecule has 15 heavy (non-hydrogen) atoms. The summed E-state index contributed by atoms with van der Waals surface area (Å²) in [5.41, 5.74) is 5.66. The number of carbonyl (C=O) groups is 1. The Morgan fingerprint density at radius 2 is 2.20 bits per heavy atom. The maximum Gasteiger partial charge on any atom is 0.223 e. The van der Waals surface area contributed by atoms with Gasteiger partial charge in [-0.1, -0.05) is 12.2 Å². The summed E-state index contributed by atoms with van der Waals surface area (Å²) in [5, 5.41) is 3.10. The molecule has 0 aromatic heterocycles. The molecule has 2 aliphatic rings. The summed E-state index contributed by atoms with van der Waals surface area (Å²) in [4.78, 5) is 11.9. The van der Waals surface area contributed by atoms with Gasteiger partial charge in [-0.3, -0.25) is 4.79 Å². The topological polar surface area (TPSA) is 55.1 Å². The van der Waals surface area contributed by atoms with E-state index in [1.807, 2.05) is 0 Å². The summed E-state index contributed by atoms with van der Waals surface area (Å²) in [5.74, 6) is 1.04. The highest BCUT2D eigenvalue weighted by molar-refractivity contribution is 5.79. The van der Waals surface area contributed by atoms with Crippen LogP contribution in [0.1, 0.15) is 32.1 Å². The van der Waals surface area contributed by atoms with Gasteiger partial charge in [-0.25, -0.2) is 0 Å². The van der Waals surface area contributed by atoms with Crippen LogP contribution in [0.5, 0.6) is 0 Å². The maximum atomic E-state index is 11.9. The highest BCUT2D eigenvalue weighted by Crippen LogP contribution is 2.32. The third-order valence-corrected chi connectivity index (χ3v) is 3.41. The second-order valence-corrected chi connectivity index (χ2v) is 4.67. The number of rotatable bonds is 4. The van der Waals surface area contributed by atoms with E-state index in [1.54, 1.807) is 0 Å². The number of hydrogen-bond donors (Lipinski definition) is 2. The van der Waals surface area contributed by atoms with E-state index in [-0.39, 0.29) is 17.9 Å². The van der Waals surface area contributed by atoms with Gasteiger partial charge >= 0.3 is 0 Å². The van der Waals surface area contributed by atoms with Gasteiger partial charge in [0.1, 0.15) is 0 Å². The standard InChI is InChI=1S/C12H20N2O/c13-8-11(9-6-7-9)14-12(15)10-4-2-1-3-5-10/h1-2,9-11H,3-8,13H2,(H,14,15). The zero-order chi connectivity index (χ0) is 10.7. The number of nitrogens with two attached hydrogens (primary N) is 1. The molecule has 0 saturated heterocycles. The zero-order valence-corrected chi connectivity index (χ0v) is 9.11. The Balaban J connectivity index is 1.81. The van der Waals surface area contributed by atoms with E-state index in [9.17, 15) is 4.79 Å². The van der Waals surface area contributed by atoms with Crippen LogP contribution in [-0.4, -0.2) is 18.5 Å². The van der Waals surface area contributed by atoms with Gasteiger partial charge in [-0.15, -0.1) is 0 Å². The molecule has 1 saturated carbocycles. The number of hydrogen-bond acceptors (Lipinski definition) is 2. The summed E-state index contributed by atoms with van der Waals surface area (Å²) in [6, 6.07) is 0.225. The van der Waals surface area contributed by atoms with E-state index >= 15 is 0 Å². The quantitative estimate of drug-likeness (QED) is 0.682. The van der Waals surface area contributed by atoms with Crippen LogP contribution >= 0.6 is 0 Å². The molecule has 2 rings (SSSR count). The third kappa shape index (κ3) is 2.81. The number of allylic oxidation sites excluding steroid dienone is 2. The molecule has 3 nitrogen and oxygen atoms in total. The van der Waals surface area contributed by atoms with E-state index in [1.165, 1.54) is 12.8 Å². The average molecular weight is 208 g/mol. The average Bonchev–Trinajstić information content (AvgIpc) is 3.10. The largest absolute Gasteiger partial charge is 0.352 e. The van der Waals surface area contributed by atoms with Crippen LogP contribution in [-0.2, 0) is 4.79 Å². The molecule has 3 heteroatoms. The predicted molar refractivity (Wildman–Crippen MR) is 60.2 cm³/mol. The van der Waals surface area contributed by atoms with Crippen molar-refractivity contribution in [2.75, 3.05) is 6.54 Å².